The van der Waals surface area contributed by atoms with Gasteiger partial charge in [0, 0.05) is 12.4 Å². The van der Waals surface area contributed by atoms with Crippen LogP contribution in [0.25, 0.3) is 0 Å². The number of pyridine rings is 3. The molecule has 0 radical (unpaired) electrons. The van der Waals surface area contributed by atoms with E-state index >= 15 is 0 Å². The van der Waals surface area contributed by atoms with Gasteiger partial charge in [-0.15, -0.1) is 0 Å². The average Bonchev–Trinajstić information content (AvgIpc) is 2.66. The number of nitrogens with zero attached hydrogens (tertiary/aromatic N) is 4. The lowest BCUT2D eigenvalue weighted by Gasteiger charge is -2.09. The number of nitrogens with one attached hydrogen (secondary N) is 1. The van der Waals surface area contributed by atoms with Gasteiger partial charge in [-0.2, -0.15) is 0 Å². The number of rotatable bonds is 5. The van der Waals surface area contributed by atoms with Crippen LogP contribution in [0.2, 0.25) is 0 Å². The van der Waals surface area contributed by atoms with E-state index in [1.165, 1.54) is 12.3 Å². The smallest absolute Gasteiger partial charge is 0.260 e. The summed E-state index contributed by atoms with van der Waals surface area (Å²) in [4.78, 5) is 28.8. The van der Waals surface area contributed by atoms with Gasteiger partial charge in [0.25, 0.3) is 5.91 Å². The maximum Gasteiger partial charge on any atom is 0.260 e. The van der Waals surface area contributed by atoms with Crippen molar-refractivity contribution in [2.75, 3.05) is 5.32 Å². The Morgan fingerprint density at radius 2 is 2.08 bits per heavy atom. The number of hydrogen-bond donors (Lipinski definition) is 2. The normalized spacial score (nSPS) is 10.7. The molecule has 0 aromatic carbocycles. The molecular formula is C18H16N6O2. The van der Waals surface area contributed by atoms with E-state index in [0.29, 0.717) is 17.3 Å². The number of anilines is 1. The van der Waals surface area contributed by atoms with Crippen molar-refractivity contribution < 1.29 is 9.53 Å². The number of amides is 1. The monoisotopic (exact) mass is 348 g/mol. The van der Waals surface area contributed by atoms with E-state index in [1.807, 2.05) is 13.0 Å². The van der Waals surface area contributed by atoms with Crippen LogP contribution in [0.1, 0.15) is 15.9 Å². The van der Waals surface area contributed by atoms with Crippen molar-refractivity contribution in [1.29, 1.82) is 0 Å². The van der Waals surface area contributed by atoms with Crippen molar-refractivity contribution in [2.45, 2.75) is 6.92 Å². The summed E-state index contributed by atoms with van der Waals surface area (Å²) in [5, 5.41) is 2.70. The molecule has 3 rings (SSSR count). The predicted molar refractivity (Wildman–Crippen MR) is 97.8 cm³/mol. The van der Waals surface area contributed by atoms with Crippen LogP contribution in [0.3, 0.4) is 0 Å². The van der Waals surface area contributed by atoms with Gasteiger partial charge in [-0.25, -0.2) is 15.0 Å². The minimum Gasteiger partial charge on any atom is -0.454 e. The topological polar surface area (TPSA) is 115 Å². The van der Waals surface area contributed by atoms with Crippen molar-refractivity contribution in [3.8, 4) is 11.5 Å². The molecule has 0 bridgehead atoms. The molecule has 0 saturated carbocycles. The van der Waals surface area contributed by atoms with Crippen LogP contribution in [-0.2, 0) is 0 Å². The van der Waals surface area contributed by atoms with E-state index in [0.717, 1.165) is 11.9 Å². The Morgan fingerprint density at radius 1 is 1.19 bits per heavy atom. The molecule has 3 aromatic rings. The first-order valence-electron chi connectivity index (χ1n) is 7.72. The fourth-order valence-electron chi connectivity index (χ4n) is 2.10. The maximum absolute atomic E-state index is 12.6. The highest BCUT2D eigenvalue weighted by Gasteiger charge is 2.15. The van der Waals surface area contributed by atoms with Crippen LogP contribution in [0.5, 0.6) is 11.5 Å². The van der Waals surface area contributed by atoms with Crippen LogP contribution in [-0.4, -0.2) is 27.2 Å². The van der Waals surface area contributed by atoms with Gasteiger partial charge in [-0.1, -0.05) is 6.07 Å². The first-order valence-corrected chi connectivity index (χ1v) is 7.72. The quantitative estimate of drug-likeness (QED) is 0.541. The summed E-state index contributed by atoms with van der Waals surface area (Å²) < 4.78 is 5.66. The highest BCUT2D eigenvalue weighted by Crippen LogP contribution is 2.26. The molecule has 8 heteroatoms. The van der Waals surface area contributed by atoms with Crippen molar-refractivity contribution in [1.82, 2.24) is 15.0 Å². The molecule has 0 fully saturated rings. The second-order valence-electron chi connectivity index (χ2n) is 5.29. The molecule has 1 amide bonds. The Labute approximate surface area is 149 Å². The Kier molecular flexibility index (Phi) is 5.14. The summed E-state index contributed by atoms with van der Waals surface area (Å²) >= 11 is 0. The largest absolute Gasteiger partial charge is 0.454 e. The second-order valence-corrected chi connectivity index (χ2v) is 5.29. The molecule has 0 spiro atoms. The lowest BCUT2D eigenvalue weighted by molar-refractivity contribution is 0.102. The van der Waals surface area contributed by atoms with Crippen molar-refractivity contribution in [2.24, 2.45) is 10.7 Å². The van der Waals surface area contributed by atoms with Gasteiger partial charge in [-0.3, -0.25) is 9.78 Å². The molecule has 0 atom stereocenters. The van der Waals surface area contributed by atoms with Gasteiger partial charge in [0.15, 0.2) is 5.82 Å². The third kappa shape index (κ3) is 4.18. The van der Waals surface area contributed by atoms with Crippen LogP contribution in [0, 0.1) is 6.92 Å². The molecule has 3 N–H and O–H groups in total. The van der Waals surface area contributed by atoms with Gasteiger partial charge < -0.3 is 15.8 Å². The molecule has 0 unspecified atom stereocenters. The summed E-state index contributed by atoms with van der Waals surface area (Å²) in [6.45, 7) is 1.91. The first-order chi connectivity index (χ1) is 12.7. The highest BCUT2D eigenvalue weighted by molar-refractivity contribution is 6.07. The third-order valence-corrected chi connectivity index (χ3v) is 3.31. The van der Waals surface area contributed by atoms with E-state index in [4.69, 9.17) is 10.5 Å². The van der Waals surface area contributed by atoms with Crippen molar-refractivity contribution >= 4 is 23.9 Å². The van der Waals surface area contributed by atoms with Gasteiger partial charge >= 0.3 is 0 Å². The zero-order valence-corrected chi connectivity index (χ0v) is 14.0. The lowest BCUT2D eigenvalue weighted by Crippen LogP contribution is -2.14. The molecule has 0 aliphatic heterocycles. The number of hydrogen-bond acceptors (Lipinski definition) is 6. The first kappa shape index (κ1) is 17.0. The summed E-state index contributed by atoms with van der Waals surface area (Å²) in [5.41, 5.74) is 6.54. The van der Waals surface area contributed by atoms with E-state index in [2.05, 4.69) is 25.3 Å². The fourth-order valence-corrected chi connectivity index (χ4v) is 2.10. The van der Waals surface area contributed by atoms with E-state index in [9.17, 15) is 4.79 Å². The number of ether oxygens (including phenoxy) is 1. The van der Waals surface area contributed by atoms with E-state index in [-0.39, 0.29) is 11.4 Å². The van der Waals surface area contributed by atoms with Crippen LogP contribution in [0.15, 0.2) is 60.1 Å². The molecule has 0 aliphatic carbocycles. The highest BCUT2D eigenvalue weighted by atomic mass is 16.5. The zero-order chi connectivity index (χ0) is 18.4. The van der Waals surface area contributed by atoms with Crippen LogP contribution < -0.4 is 15.8 Å². The maximum atomic E-state index is 12.6. The lowest BCUT2D eigenvalue weighted by atomic mass is 10.2. The average molecular weight is 348 g/mol. The second kappa shape index (κ2) is 7.84. The Hall–Kier alpha value is -3.81. The Balaban J connectivity index is 1.88. The Bertz CT molecular complexity index is 926. The molecule has 3 aromatic heterocycles. The zero-order valence-electron chi connectivity index (χ0n) is 14.0. The standard InChI is InChI=1S/C18H16N6O2/c1-12-4-5-16(21-8-12)24-18(25)15-7-14(10-22-17(15)23-11-19)26-13-3-2-6-20-9-13/h2-11H,1H3,(H2,19,22,23)(H,21,24,25). The molecule has 0 saturated heterocycles. The molecule has 26 heavy (non-hydrogen) atoms. The minimum absolute atomic E-state index is 0.177. The summed E-state index contributed by atoms with van der Waals surface area (Å²) in [7, 11) is 0. The van der Waals surface area contributed by atoms with Crippen molar-refractivity contribution in [3.05, 3.63) is 66.2 Å². The molecule has 130 valence electrons. The van der Waals surface area contributed by atoms with Gasteiger partial charge in [-0.05, 0) is 36.8 Å². The number of aryl methyl sites for hydroxylation is 1. The fraction of sp³-hybridized carbons (Fsp3) is 0.0556. The van der Waals surface area contributed by atoms with Gasteiger partial charge in [0.05, 0.1) is 24.3 Å². The number of aliphatic imine (C=N–C) groups is 1. The molecular weight excluding hydrogens is 332 g/mol. The van der Waals surface area contributed by atoms with Gasteiger partial charge in [0.1, 0.15) is 17.3 Å². The van der Waals surface area contributed by atoms with Crippen molar-refractivity contribution in [3.63, 3.8) is 0 Å². The SMILES string of the molecule is Cc1ccc(NC(=O)c2cc(Oc3cccnc3)cnc2/N=C\N)nc1. The van der Waals surface area contributed by atoms with Crippen LogP contribution in [0.4, 0.5) is 11.6 Å². The number of carbonyl (C=O) groups is 1. The number of carbonyl (C=O) groups excluding carboxylic acids is 1. The third-order valence-electron chi connectivity index (χ3n) is 3.31. The van der Waals surface area contributed by atoms with E-state index < -0.39 is 5.91 Å². The van der Waals surface area contributed by atoms with Crippen LogP contribution >= 0.6 is 0 Å². The molecule has 8 nitrogen and oxygen atoms in total. The summed E-state index contributed by atoms with van der Waals surface area (Å²) in [6, 6.07) is 8.58. The summed E-state index contributed by atoms with van der Waals surface area (Å²) in [6.07, 6.45) is 7.38. The minimum atomic E-state index is -0.425. The van der Waals surface area contributed by atoms with E-state index in [1.54, 1.807) is 36.8 Å². The number of aromatic nitrogens is 3. The Morgan fingerprint density at radius 3 is 2.77 bits per heavy atom. The molecule has 0 aliphatic rings. The van der Waals surface area contributed by atoms with Gasteiger partial charge in [0.2, 0.25) is 0 Å². The number of nitrogens with two attached hydrogens (primary N) is 1. The summed E-state index contributed by atoms with van der Waals surface area (Å²) in [5.74, 6) is 1.07. The predicted octanol–water partition coefficient (Wildman–Crippen LogP) is 2.84. The molecule has 3 heterocycles.